The first-order valence-corrected chi connectivity index (χ1v) is 5.71. The Labute approximate surface area is 99.3 Å². The first kappa shape index (κ1) is 14.2. The maximum atomic E-state index is 12.0. The zero-order valence-corrected chi connectivity index (χ0v) is 9.58. The van der Waals surface area contributed by atoms with Gasteiger partial charge in [0.25, 0.3) is 5.69 Å². The summed E-state index contributed by atoms with van der Waals surface area (Å²) in [6.45, 7) is 1.35. The van der Waals surface area contributed by atoms with Crippen molar-refractivity contribution in [2.45, 2.75) is 12.4 Å². The molecule has 0 saturated carbocycles. The van der Waals surface area contributed by atoms with Crippen LogP contribution in [-0.4, -0.2) is 18.8 Å². The van der Waals surface area contributed by atoms with Gasteiger partial charge in [0.05, 0.1) is 11.0 Å². The Morgan fingerprint density at radius 2 is 1.89 bits per heavy atom. The molecule has 6 nitrogen and oxygen atoms in total. The Hall–Kier alpha value is -1.84. The van der Waals surface area contributed by atoms with Crippen molar-refractivity contribution in [3.8, 4) is 5.75 Å². The van der Waals surface area contributed by atoms with Crippen molar-refractivity contribution in [3.05, 3.63) is 33.9 Å². The molecule has 0 aromatic heterocycles. The molecule has 0 N–H and O–H groups in total. The van der Waals surface area contributed by atoms with Gasteiger partial charge in [-0.1, -0.05) is 0 Å². The molecule has 0 unspecified atom stereocenters. The van der Waals surface area contributed by atoms with Gasteiger partial charge < -0.3 is 4.18 Å². The second-order valence-corrected chi connectivity index (χ2v) is 4.73. The van der Waals surface area contributed by atoms with E-state index in [-0.39, 0.29) is 5.56 Å². The number of rotatable bonds is 3. The van der Waals surface area contributed by atoms with Gasteiger partial charge in [-0.25, -0.2) is 0 Å². The fourth-order valence-electron chi connectivity index (χ4n) is 1.01. The third-order valence-corrected chi connectivity index (χ3v) is 2.85. The quantitative estimate of drug-likeness (QED) is 0.367. The van der Waals surface area contributed by atoms with E-state index < -0.39 is 32.0 Å². The third-order valence-electron chi connectivity index (χ3n) is 1.87. The van der Waals surface area contributed by atoms with Crippen molar-refractivity contribution in [1.29, 1.82) is 0 Å². The molecular weight excluding hydrogens is 279 g/mol. The van der Waals surface area contributed by atoms with Crippen molar-refractivity contribution in [3.63, 3.8) is 0 Å². The molecule has 0 aliphatic heterocycles. The van der Waals surface area contributed by atoms with Crippen LogP contribution in [0.25, 0.3) is 0 Å². The second-order valence-electron chi connectivity index (χ2n) is 3.19. The van der Waals surface area contributed by atoms with E-state index >= 15 is 0 Å². The maximum Gasteiger partial charge on any atom is 0.534 e. The summed E-state index contributed by atoms with van der Waals surface area (Å²) in [5.41, 5.74) is -5.96. The number of alkyl halides is 3. The van der Waals surface area contributed by atoms with Gasteiger partial charge in [0.1, 0.15) is 5.75 Å². The zero-order chi connectivity index (χ0) is 14.1. The number of nitro benzene ring substituents is 1. The highest BCUT2D eigenvalue weighted by molar-refractivity contribution is 7.87. The number of nitro groups is 1. The molecule has 0 aliphatic rings. The summed E-state index contributed by atoms with van der Waals surface area (Å²) in [5, 5.41) is 10.5. The van der Waals surface area contributed by atoms with Crippen LogP contribution in [0.3, 0.4) is 0 Å². The molecule has 100 valence electrons. The minimum Gasteiger partial charge on any atom is -0.376 e. The molecule has 0 aliphatic carbocycles. The van der Waals surface area contributed by atoms with Gasteiger partial charge in [-0.3, -0.25) is 10.1 Å². The van der Waals surface area contributed by atoms with Crippen LogP contribution in [0.4, 0.5) is 18.9 Å². The van der Waals surface area contributed by atoms with Crippen LogP contribution in [0.2, 0.25) is 0 Å². The highest BCUT2D eigenvalue weighted by Crippen LogP contribution is 2.29. The van der Waals surface area contributed by atoms with E-state index in [0.717, 1.165) is 12.1 Å². The van der Waals surface area contributed by atoms with E-state index in [1.54, 1.807) is 0 Å². The summed E-state index contributed by atoms with van der Waals surface area (Å²) in [5.74, 6) is -0.773. The molecule has 0 heterocycles. The standard InChI is InChI=1S/C8H6F3NO5S/c1-5-2-3-6(4-7(5)12(13)14)17-18(15,16)8(9,10)11/h2-4H,1H3. The summed E-state index contributed by atoms with van der Waals surface area (Å²) in [6.07, 6.45) is 0. The van der Waals surface area contributed by atoms with Crippen molar-refractivity contribution in [1.82, 2.24) is 0 Å². The summed E-state index contributed by atoms with van der Waals surface area (Å²) in [4.78, 5) is 9.66. The number of nitrogens with zero attached hydrogens (tertiary/aromatic N) is 1. The summed E-state index contributed by atoms with van der Waals surface area (Å²) < 4.78 is 61.1. The van der Waals surface area contributed by atoms with E-state index in [4.69, 9.17) is 0 Å². The Balaban J connectivity index is 3.15. The van der Waals surface area contributed by atoms with Crippen LogP contribution < -0.4 is 4.18 Å². The predicted molar refractivity (Wildman–Crippen MR) is 53.4 cm³/mol. The molecule has 1 rings (SSSR count). The van der Waals surface area contributed by atoms with Crippen LogP contribution in [0, 0.1) is 17.0 Å². The maximum absolute atomic E-state index is 12.0. The minimum atomic E-state index is -5.83. The molecular formula is C8H6F3NO5S. The summed E-state index contributed by atoms with van der Waals surface area (Å²) in [6, 6.07) is 2.59. The molecule has 10 heteroatoms. The average Bonchev–Trinajstić information content (AvgIpc) is 2.18. The number of benzene rings is 1. The fourth-order valence-corrected chi connectivity index (χ4v) is 1.46. The first-order valence-electron chi connectivity index (χ1n) is 4.30. The molecule has 0 saturated heterocycles. The topological polar surface area (TPSA) is 86.5 Å². The second kappa shape index (κ2) is 4.44. The number of hydrogen-bond acceptors (Lipinski definition) is 5. The zero-order valence-electron chi connectivity index (χ0n) is 8.76. The van der Waals surface area contributed by atoms with Crippen molar-refractivity contribution >= 4 is 15.8 Å². The Morgan fingerprint density at radius 1 is 1.33 bits per heavy atom. The Bertz CT molecular complexity index is 581. The molecule has 1 aromatic rings. The Kier molecular flexibility index (Phi) is 3.51. The predicted octanol–water partition coefficient (Wildman–Crippen LogP) is 2.13. The minimum absolute atomic E-state index is 0.164. The normalized spacial score (nSPS) is 12.2. The van der Waals surface area contributed by atoms with E-state index in [2.05, 4.69) is 4.18 Å². The average molecular weight is 285 g/mol. The van der Waals surface area contributed by atoms with Crippen molar-refractivity contribution < 1.29 is 30.7 Å². The molecule has 1 aromatic carbocycles. The van der Waals surface area contributed by atoms with Crippen LogP contribution >= 0.6 is 0 Å². The van der Waals surface area contributed by atoms with Gasteiger partial charge in [-0.05, 0) is 19.1 Å². The van der Waals surface area contributed by atoms with Crippen molar-refractivity contribution in [2.75, 3.05) is 0 Å². The van der Waals surface area contributed by atoms with Crippen LogP contribution in [-0.2, 0) is 10.1 Å². The molecule has 0 amide bonds. The molecule has 0 atom stereocenters. The lowest BCUT2D eigenvalue weighted by atomic mass is 10.2. The van der Waals surface area contributed by atoms with Gasteiger partial charge in [0.2, 0.25) is 0 Å². The number of halogens is 3. The molecule has 0 bridgehead atoms. The fraction of sp³-hybridized carbons (Fsp3) is 0.250. The van der Waals surface area contributed by atoms with Gasteiger partial charge in [0.15, 0.2) is 0 Å². The number of aryl methyl sites for hydroxylation is 1. The lowest BCUT2D eigenvalue weighted by molar-refractivity contribution is -0.385. The van der Waals surface area contributed by atoms with E-state index in [9.17, 15) is 31.7 Å². The van der Waals surface area contributed by atoms with Gasteiger partial charge in [0, 0.05) is 5.56 Å². The largest absolute Gasteiger partial charge is 0.534 e. The third kappa shape index (κ3) is 2.88. The number of hydrogen-bond donors (Lipinski definition) is 0. The van der Waals surface area contributed by atoms with E-state index in [0.29, 0.717) is 6.07 Å². The lowest BCUT2D eigenvalue weighted by Gasteiger charge is -2.09. The van der Waals surface area contributed by atoms with Crippen LogP contribution in [0.5, 0.6) is 5.75 Å². The van der Waals surface area contributed by atoms with Gasteiger partial charge in [-0.15, -0.1) is 0 Å². The van der Waals surface area contributed by atoms with Crippen molar-refractivity contribution in [2.24, 2.45) is 0 Å². The Morgan fingerprint density at radius 3 is 2.33 bits per heavy atom. The smallest absolute Gasteiger partial charge is 0.376 e. The monoisotopic (exact) mass is 285 g/mol. The van der Waals surface area contributed by atoms with E-state index in [1.807, 2.05) is 0 Å². The SMILES string of the molecule is Cc1ccc(OS(=O)(=O)C(F)(F)F)cc1[N+](=O)[O-]. The highest BCUT2D eigenvalue weighted by Gasteiger charge is 2.48. The van der Waals surface area contributed by atoms with Crippen LogP contribution in [0.1, 0.15) is 5.56 Å². The first-order chi connectivity index (χ1) is 8.04. The van der Waals surface area contributed by atoms with E-state index in [1.165, 1.54) is 6.92 Å². The van der Waals surface area contributed by atoms with Crippen LogP contribution in [0.15, 0.2) is 18.2 Å². The molecule has 18 heavy (non-hydrogen) atoms. The molecule has 0 radical (unpaired) electrons. The lowest BCUT2D eigenvalue weighted by Crippen LogP contribution is -2.28. The van der Waals surface area contributed by atoms with Gasteiger partial charge >= 0.3 is 15.6 Å². The highest BCUT2D eigenvalue weighted by atomic mass is 32.2. The molecule has 0 fully saturated rings. The molecule has 0 spiro atoms. The van der Waals surface area contributed by atoms with Gasteiger partial charge in [-0.2, -0.15) is 21.6 Å². The summed E-state index contributed by atoms with van der Waals surface area (Å²) in [7, 11) is -5.83. The summed E-state index contributed by atoms with van der Waals surface area (Å²) >= 11 is 0.